The van der Waals surface area contributed by atoms with Gasteiger partial charge >= 0.3 is 12.0 Å². The maximum absolute atomic E-state index is 11.8. The number of hydrogen-bond acceptors (Lipinski definition) is 5. The van der Waals surface area contributed by atoms with Crippen LogP contribution in [0.25, 0.3) is 0 Å². The fourth-order valence-electron chi connectivity index (χ4n) is 1.83. The van der Waals surface area contributed by atoms with E-state index in [1.54, 1.807) is 0 Å². The Bertz CT molecular complexity index is 559. The molecule has 2 N–H and O–H groups in total. The molecule has 0 radical (unpaired) electrons. The van der Waals surface area contributed by atoms with Crippen molar-refractivity contribution in [2.75, 3.05) is 13.7 Å². The molecule has 23 heavy (non-hydrogen) atoms. The number of aryl methyl sites for hydroxylation is 1. The summed E-state index contributed by atoms with van der Waals surface area (Å²) in [6.07, 6.45) is -0.484. The molecule has 0 spiro atoms. The number of benzene rings is 1. The molecule has 0 unspecified atom stereocenters. The van der Waals surface area contributed by atoms with Crippen LogP contribution in [0.15, 0.2) is 24.3 Å². The lowest BCUT2D eigenvalue weighted by molar-refractivity contribution is -0.154. The zero-order chi connectivity index (χ0) is 17.2. The highest BCUT2D eigenvalue weighted by Crippen LogP contribution is 2.19. The Morgan fingerprint density at radius 3 is 2.57 bits per heavy atom. The number of para-hydroxylation sites is 1. The lowest BCUT2D eigenvalue weighted by atomic mass is 10.1. The van der Waals surface area contributed by atoms with E-state index in [4.69, 9.17) is 9.47 Å². The number of amides is 3. The summed E-state index contributed by atoms with van der Waals surface area (Å²) in [5.41, 5.74) is 0.897. The maximum atomic E-state index is 11.8. The Kier molecular flexibility index (Phi) is 7.59. The first kappa shape index (κ1) is 18.5. The fourth-order valence-corrected chi connectivity index (χ4v) is 1.83. The van der Waals surface area contributed by atoms with Gasteiger partial charge in [0, 0.05) is 13.5 Å². The summed E-state index contributed by atoms with van der Waals surface area (Å²) < 4.78 is 10.5. The molecule has 0 aromatic heterocycles. The van der Waals surface area contributed by atoms with Crippen LogP contribution in [0.4, 0.5) is 4.79 Å². The van der Waals surface area contributed by atoms with Gasteiger partial charge in [-0.05, 0) is 31.9 Å². The lowest BCUT2D eigenvalue weighted by Gasteiger charge is -2.13. The van der Waals surface area contributed by atoms with Crippen molar-refractivity contribution >= 4 is 17.9 Å². The summed E-state index contributed by atoms with van der Waals surface area (Å²) in [7, 11) is 1.38. The minimum Gasteiger partial charge on any atom is -0.494 e. The van der Waals surface area contributed by atoms with E-state index in [0.717, 1.165) is 11.3 Å². The van der Waals surface area contributed by atoms with Crippen LogP contribution in [0.1, 0.15) is 25.8 Å². The second-order valence-electron chi connectivity index (χ2n) is 4.74. The van der Waals surface area contributed by atoms with Crippen LogP contribution < -0.4 is 15.4 Å². The van der Waals surface area contributed by atoms with Crippen LogP contribution in [0.3, 0.4) is 0 Å². The molecule has 0 aliphatic heterocycles. The molecule has 0 saturated carbocycles. The van der Waals surface area contributed by atoms with Crippen LogP contribution >= 0.6 is 0 Å². The first-order valence-corrected chi connectivity index (χ1v) is 7.40. The summed E-state index contributed by atoms with van der Waals surface area (Å²) in [5, 5.41) is 4.29. The van der Waals surface area contributed by atoms with Gasteiger partial charge in [0.1, 0.15) is 5.75 Å². The Hall–Kier alpha value is -2.57. The molecule has 0 heterocycles. The Balaban J connectivity index is 2.48. The van der Waals surface area contributed by atoms with E-state index >= 15 is 0 Å². The van der Waals surface area contributed by atoms with E-state index in [9.17, 15) is 14.4 Å². The molecular weight excluding hydrogens is 300 g/mol. The van der Waals surface area contributed by atoms with Crippen LogP contribution in [0, 0.1) is 0 Å². The molecule has 7 heteroatoms. The zero-order valence-electron chi connectivity index (χ0n) is 13.5. The summed E-state index contributed by atoms with van der Waals surface area (Å²) in [6, 6.07) is 6.79. The number of urea groups is 1. The molecule has 126 valence electrons. The summed E-state index contributed by atoms with van der Waals surface area (Å²) in [5.74, 6) is -0.462. The van der Waals surface area contributed by atoms with Crippen LogP contribution in [0.5, 0.6) is 5.75 Å². The largest absolute Gasteiger partial charge is 0.494 e. The highest BCUT2D eigenvalue weighted by molar-refractivity contribution is 5.96. The monoisotopic (exact) mass is 322 g/mol. The molecular formula is C16H22N2O5. The van der Waals surface area contributed by atoms with E-state index in [1.807, 2.05) is 36.5 Å². The van der Waals surface area contributed by atoms with Crippen LogP contribution in [-0.4, -0.2) is 37.7 Å². The van der Waals surface area contributed by atoms with Gasteiger partial charge in [-0.15, -0.1) is 0 Å². The number of esters is 1. The Morgan fingerprint density at radius 1 is 1.22 bits per heavy atom. The van der Waals surface area contributed by atoms with Crippen molar-refractivity contribution in [1.82, 2.24) is 10.6 Å². The summed E-state index contributed by atoms with van der Waals surface area (Å²) >= 11 is 0. The Morgan fingerprint density at radius 2 is 1.91 bits per heavy atom. The third-order valence-corrected chi connectivity index (χ3v) is 3.01. The van der Waals surface area contributed by atoms with Gasteiger partial charge in [-0.3, -0.25) is 14.9 Å². The van der Waals surface area contributed by atoms with Gasteiger partial charge in [-0.25, -0.2) is 4.79 Å². The highest BCUT2D eigenvalue weighted by atomic mass is 16.5. The SMILES string of the molecule is CCOc1ccccc1CCC(=O)O[C@H](C)C(=O)NC(=O)NC. The normalized spacial score (nSPS) is 11.3. The smallest absolute Gasteiger partial charge is 0.321 e. The summed E-state index contributed by atoms with van der Waals surface area (Å²) in [4.78, 5) is 34.4. The van der Waals surface area contributed by atoms with E-state index in [2.05, 4.69) is 5.32 Å². The first-order chi connectivity index (χ1) is 11.0. The first-order valence-electron chi connectivity index (χ1n) is 7.40. The molecule has 0 bridgehead atoms. The molecule has 0 aliphatic carbocycles. The predicted octanol–water partition coefficient (Wildman–Crippen LogP) is 1.41. The molecule has 3 amide bonds. The van der Waals surface area contributed by atoms with E-state index in [1.165, 1.54) is 14.0 Å². The molecule has 1 rings (SSSR count). The molecule has 1 aromatic rings. The molecule has 1 aromatic carbocycles. The Labute approximate surface area is 135 Å². The third-order valence-electron chi connectivity index (χ3n) is 3.01. The standard InChI is InChI=1S/C16H22N2O5/c1-4-22-13-8-6-5-7-12(13)9-10-14(19)23-11(2)15(20)18-16(21)17-3/h5-8,11H,4,9-10H2,1-3H3,(H2,17,18,20,21)/t11-/m1/s1. The van der Waals surface area contributed by atoms with Crippen molar-refractivity contribution in [3.05, 3.63) is 29.8 Å². The maximum Gasteiger partial charge on any atom is 0.321 e. The van der Waals surface area contributed by atoms with Gasteiger partial charge in [0.05, 0.1) is 6.61 Å². The molecule has 0 aliphatic rings. The number of rotatable bonds is 7. The second kappa shape index (κ2) is 9.45. The van der Waals surface area contributed by atoms with Crippen LogP contribution in [-0.2, 0) is 20.7 Å². The third kappa shape index (κ3) is 6.37. The number of carbonyl (C=O) groups is 3. The van der Waals surface area contributed by atoms with Gasteiger partial charge in [-0.1, -0.05) is 18.2 Å². The van der Waals surface area contributed by atoms with Gasteiger partial charge in [0.25, 0.3) is 5.91 Å². The average Bonchev–Trinajstić information content (AvgIpc) is 2.54. The number of hydrogen-bond donors (Lipinski definition) is 2. The van der Waals surface area contributed by atoms with Crippen molar-refractivity contribution in [3.8, 4) is 5.75 Å². The molecule has 7 nitrogen and oxygen atoms in total. The second-order valence-corrected chi connectivity index (χ2v) is 4.74. The van der Waals surface area contributed by atoms with Gasteiger partial charge in [-0.2, -0.15) is 0 Å². The fraction of sp³-hybridized carbons (Fsp3) is 0.438. The van der Waals surface area contributed by atoms with E-state index in [-0.39, 0.29) is 6.42 Å². The molecule has 1 atom stereocenters. The van der Waals surface area contributed by atoms with E-state index in [0.29, 0.717) is 13.0 Å². The quantitative estimate of drug-likeness (QED) is 0.740. The van der Waals surface area contributed by atoms with Crippen molar-refractivity contribution in [2.45, 2.75) is 32.8 Å². The van der Waals surface area contributed by atoms with Gasteiger partial charge < -0.3 is 14.8 Å². The van der Waals surface area contributed by atoms with E-state index < -0.39 is 24.0 Å². The van der Waals surface area contributed by atoms with Crippen LogP contribution in [0.2, 0.25) is 0 Å². The minimum atomic E-state index is -1.04. The lowest BCUT2D eigenvalue weighted by Crippen LogP contribution is -2.43. The zero-order valence-corrected chi connectivity index (χ0v) is 13.5. The van der Waals surface area contributed by atoms with Crippen molar-refractivity contribution in [1.29, 1.82) is 0 Å². The van der Waals surface area contributed by atoms with Crippen molar-refractivity contribution < 1.29 is 23.9 Å². The van der Waals surface area contributed by atoms with Crippen molar-refractivity contribution in [3.63, 3.8) is 0 Å². The number of imide groups is 1. The highest BCUT2D eigenvalue weighted by Gasteiger charge is 2.19. The summed E-state index contributed by atoms with van der Waals surface area (Å²) in [6.45, 7) is 3.83. The number of nitrogens with one attached hydrogen (secondary N) is 2. The number of ether oxygens (including phenoxy) is 2. The molecule has 0 fully saturated rings. The number of carbonyl (C=O) groups excluding carboxylic acids is 3. The topological polar surface area (TPSA) is 93.7 Å². The van der Waals surface area contributed by atoms with Crippen molar-refractivity contribution in [2.24, 2.45) is 0 Å². The molecule has 0 saturated heterocycles. The average molecular weight is 322 g/mol. The van der Waals surface area contributed by atoms with Gasteiger partial charge in [0.15, 0.2) is 6.10 Å². The van der Waals surface area contributed by atoms with Gasteiger partial charge in [0.2, 0.25) is 0 Å². The predicted molar refractivity (Wildman–Crippen MR) is 84.1 cm³/mol. The minimum absolute atomic E-state index is 0.113.